The molecule has 0 spiro atoms. The van der Waals surface area contributed by atoms with Gasteiger partial charge in [-0.3, -0.25) is 4.72 Å². The molecule has 1 aliphatic rings. The second-order valence-electron chi connectivity index (χ2n) is 5.82. The van der Waals surface area contributed by atoms with Crippen molar-refractivity contribution in [3.8, 4) is 0 Å². The summed E-state index contributed by atoms with van der Waals surface area (Å²) < 4.78 is 27.5. The number of carboxylic acid groups (broad SMARTS) is 1. The van der Waals surface area contributed by atoms with Crippen LogP contribution in [0.4, 0.5) is 11.4 Å². The number of carboxylic acids is 1. The van der Waals surface area contributed by atoms with Gasteiger partial charge in [0.25, 0.3) is 10.0 Å². The largest absolute Gasteiger partial charge is 0.478 e. The Balaban J connectivity index is 1.91. The van der Waals surface area contributed by atoms with Crippen LogP contribution in [-0.4, -0.2) is 44.1 Å². The summed E-state index contributed by atoms with van der Waals surface area (Å²) in [6.45, 7) is 1.50. The first-order valence-electron chi connectivity index (χ1n) is 7.96. The van der Waals surface area contributed by atoms with Crippen molar-refractivity contribution in [2.24, 2.45) is 0 Å². The van der Waals surface area contributed by atoms with Crippen molar-refractivity contribution in [2.45, 2.75) is 4.90 Å². The molecule has 0 radical (unpaired) electrons. The Bertz CT molecular complexity index is 977. The van der Waals surface area contributed by atoms with Crippen molar-refractivity contribution < 1.29 is 18.3 Å². The smallest absolute Gasteiger partial charge is 0.337 e. The first kappa shape index (κ1) is 20.1. The van der Waals surface area contributed by atoms with Gasteiger partial charge in [0.15, 0.2) is 0 Å². The maximum atomic E-state index is 12.6. The molecule has 1 saturated heterocycles. The van der Waals surface area contributed by atoms with E-state index in [1.165, 1.54) is 24.3 Å². The van der Waals surface area contributed by atoms with Crippen LogP contribution < -0.4 is 9.62 Å². The first-order valence-corrected chi connectivity index (χ1v) is 11.4. The average Bonchev–Trinajstić information content (AvgIpc) is 2.64. The van der Waals surface area contributed by atoms with Crippen molar-refractivity contribution in [2.75, 3.05) is 34.2 Å². The number of hydrogen-bond donors (Lipinski definition) is 2. The molecule has 0 saturated carbocycles. The zero-order valence-corrected chi connectivity index (χ0v) is 17.1. The van der Waals surface area contributed by atoms with E-state index < -0.39 is 16.0 Å². The van der Waals surface area contributed by atoms with E-state index in [-0.39, 0.29) is 26.2 Å². The highest BCUT2D eigenvalue weighted by molar-refractivity contribution is 7.99. The zero-order valence-electron chi connectivity index (χ0n) is 14.0. The van der Waals surface area contributed by atoms with Crippen molar-refractivity contribution >= 4 is 62.3 Å². The number of thioether (sulfide) groups is 1. The van der Waals surface area contributed by atoms with Crippen LogP contribution in [0.5, 0.6) is 0 Å². The van der Waals surface area contributed by atoms with Gasteiger partial charge in [-0.25, -0.2) is 13.2 Å². The van der Waals surface area contributed by atoms with E-state index in [1.54, 1.807) is 12.1 Å². The van der Waals surface area contributed by atoms with Gasteiger partial charge in [0.05, 0.1) is 26.2 Å². The second kappa shape index (κ2) is 8.18. The van der Waals surface area contributed by atoms with E-state index in [9.17, 15) is 18.3 Å². The Hall–Kier alpha value is -1.61. The predicted molar refractivity (Wildman–Crippen MR) is 110 cm³/mol. The summed E-state index contributed by atoms with van der Waals surface area (Å²) >= 11 is 13.5. The Morgan fingerprint density at radius 3 is 2.41 bits per heavy atom. The molecule has 27 heavy (non-hydrogen) atoms. The minimum absolute atomic E-state index is 0.0521. The molecule has 6 nitrogen and oxygen atoms in total. The lowest BCUT2D eigenvalue weighted by atomic mass is 10.1. The number of aromatic carboxylic acids is 1. The van der Waals surface area contributed by atoms with Crippen LogP contribution >= 0.6 is 35.0 Å². The molecular formula is C17H16Cl2N2O4S2. The van der Waals surface area contributed by atoms with Gasteiger partial charge in [0.1, 0.15) is 0 Å². The standard InChI is InChI=1S/C17H16Cl2N2O4S2/c18-14-3-2-12(10-15(14)19)27(24,25)20-11-1-4-16(13(9-11)17(22)23)21-5-7-26-8-6-21/h1-4,9-10,20H,5-8H2,(H,22,23). The molecule has 2 aromatic rings. The Kier molecular flexibility index (Phi) is 6.10. The molecule has 10 heteroatoms. The highest BCUT2D eigenvalue weighted by atomic mass is 35.5. The van der Waals surface area contributed by atoms with Gasteiger partial charge in [-0.05, 0) is 36.4 Å². The molecule has 0 unspecified atom stereocenters. The maximum Gasteiger partial charge on any atom is 0.337 e. The number of rotatable bonds is 5. The monoisotopic (exact) mass is 446 g/mol. The number of anilines is 2. The molecule has 3 rings (SSSR count). The van der Waals surface area contributed by atoms with E-state index in [0.29, 0.717) is 5.69 Å². The molecule has 1 fully saturated rings. The van der Waals surface area contributed by atoms with Gasteiger partial charge >= 0.3 is 5.97 Å². The van der Waals surface area contributed by atoms with Gasteiger partial charge in [0.2, 0.25) is 0 Å². The zero-order chi connectivity index (χ0) is 19.6. The fourth-order valence-electron chi connectivity index (χ4n) is 2.71. The van der Waals surface area contributed by atoms with Crippen molar-refractivity contribution in [1.82, 2.24) is 0 Å². The van der Waals surface area contributed by atoms with E-state index in [1.807, 2.05) is 16.7 Å². The molecule has 0 aromatic heterocycles. The van der Waals surface area contributed by atoms with E-state index in [2.05, 4.69) is 4.72 Å². The van der Waals surface area contributed by atoms with Gasteiger partial charge in [-0.1, -0.05) is 23.2 Å². The van der Waals surface area contributed by atoms with Gasteiger partial charge in [-0.2, -0.15) is 11.8 Å². The van der Waals surface area contributed by atoms with E-state index >= 15 is 0 Å². The fraction of sp³-hybridized carbons (Fsp3) is 0.235. The molecule has 144 valence electrons. The van der Waals surface area contributed by atoms with Gasteiger partial charge < -0.3 is 10.0 Å². The van der Waals surface area contributed by atoms with Crippen molar-refractivity contribution in [3.05, 3.63) is 52.0 Å². The summed E-state index contributed by atoms with van der Waals surface area (Å²) in [4.78, 5) is 13.6. The maximum absolute atomic E-state index is 12.6. The first-order chi connectivity index (χ1) is 12.8. The normalized spacial score (nSPS) is 14.8. The molecule has 0 bridgehead atoms. The minimum Gasteiger partial charge on any atom is -0.478 e. The lowest BCUT2D eigenvalue weighted by Crippen LogP contribution is -2.33. The van der Waals surface area contributed by atoms with Gasteiger partial charge in [-0.15, -0.1) is 0 Å². The third-order valence-corrected chi connectivity index (χ3v) is 7.09. The molecule has 0 amide bonds. The van der Waals surface area contributed by atoms with Crippen LogP contribution in [-0.2, 0) is 10.0 Å². The molecule has 1 heterocycles. The number of hydrogen-bond acceptors (Lipinski definition) is 5. The average molecular weight is 447 g/mol. The molecular weight excluding hydrogens is 431 g/mol. The van der Waals surface area contributed by atoms with Crippen LogP contribution in [0.15, 0.2) is 41.3 Å². The number of nitrogens with one attached hydrogen (secondary N) is 1. The molecule has 2 N–H and O–H groups in total. The Morgan fingerprint density at radius 2 is 1.78 bits per heavy atom. The topological polar surface area (TPSA) is 86.7 Å². The second-order valence-corrected chi connectivity index (χ2v) is 9.54. The van der Waals surface area contributed by atoms with Crippen LogP contribution in [0.3, 0.4) is 0 Å². The number of carbonyl (C=O) groups is 1. The fourth-order valence-corrected chi connectivity index (χ4v) is 5.05. The predicted octanol–water partition coefficient (Wildman–Crippen LogP) is 4.05. The van der Waals surface area contributed by atoms with Crippen LogP contribution in [0, 0.1) is 0 Å². The summed E-state index contributed by atoms with van der Waals surface area (Å²) in [6.07, 6.45) is 0. The third-order valence-electron chi connectivity index (χ3n) is 4.03. The molecule has 1 aliphatic heterocycles. The molecule has 0 aliphatic carbocycles. The highest BCUT2D eigenvalue weighted by Gasteiger charge is 2.21. The number of nitrogens with zero attached hydrogens (tertiary/aromatic N) is 1. The molecule has 0 atom stereocenters. The number of benzene rings is 2. The number of halogens is 2. The summed E-state index contributed by atoms with van der Waals surface area (Å²) in [5.41, 5.74) is 0.796. The van der Waals surface area contributed by atoms with Crippen molar-refractivity contribution in [3.63, 3.8) is 0 Å². The summed E-state index contributed by atoms with van der Waals surface area (Å²) in [7, 11) is -3.94. The minimum atomic E-state index is -3.94. The van der Waals surface area contributed by atoms with Crippen LogP contribution in [0.1, 0.15) is 10.4 Å². The van der Waals surface area contributed by atoms with E-state index in [0.717, 1.165) is 24.6 Å². The third kappa shape index (κ3) is 4.63. The Labute approximate surface area is 171 Å². The SMILES string of the molecule is O=C(O)c1cc(NS(=O)(=O)c2ccc(Cl)c(Cl)c2)ccc1N1CCSCC1. The van der Waals surface area contributed by atoms with Crippen LogP contribution in [0.2, 0.25) is 10.0 Å². The van der Waals surface area contributed by atoms with Crippen LogP contribution in [0.25, 0.3) is 0 Å². The lowest BCUT2D eigenvalue weighted by Gasteiger charge is -2.29. The number of sulfonamides is 1. The molecule has 2 aromatic carbocycles. The Morgan fingerprint density at radius 1 is 1.07 bits per heavy atom. The van der Waals surface area contributed by atoms with Gasteiger partial charge in [0, 0.05) is 30.3 Å². The van der Waals surface area contributed by atoms with Crippen molar-refractivity contribution in [1.29, 1.82) is 0 Å². The lowest BCUT2D eigenvalue weighted by molar-refractivity contribution is 0.0697. The quantitative estimate of drug-likeness (QED) is 0.720. The summed E-state index contributed by atoms with van der Waals surface area (Å²) in [5, 5.41) is 9.92. The summed E-state index contributed by atoms with van der Waals surface area (Å²) in [5.74, 6) is 0.731. The summed E-state index contributed by atoms with van der Waals surface area (Å²) in [6, 6.07) is 8.47. The highest BCUT2D eigenvalue weighted by Crippen LogP contribution is 2.29. The van der Waals surface area contributed by atoms with E-state index in [4.69, 9.17) is 23.2 Å².